The van der Waals surface area contributed by atoms with Gasteiger partial charge in [-0.15, -0.1) is 11.3 Å². The molecular formula is C23H27N3OS. The van der Waals surface area contributed by atoms with Gasteiger partial charge in [-0.05, 0) is 62.3 Å². The van der Waals surface area contributed by atoms with Crippen LogP contribution in [-0.2, 0) is 4.79 Å². The smallest absolute Gasteiger partial charge is 0.225 e. The number of nitrogens with zero attached hydrogens (tertiary/aromatic N) is 2. The summed E-state index contributed by atoms with van der Waals surface area (Å²) in [5, 5.41) is 6.54. The van der Waals surface area contributed by atoms with Gasteiger partial charge in [-0.25, -0.2) is 4.98 Å². The first-order valence-corrected chi connectivity index (χ1v) is 10.9. The van der Waals surface area contributed by atoms with Crippen LogP contribution < -0.4 is 10.2 Å². The first-order chi connectivity index (χ1) is 13.5. The number of aromatic nitrogens is 1. The summed E-state index contributed by atoms with van der Waals surface area (Å²) >= 11 is 1.73. The monoisotopic (exact) mass is 393 g/mol. The van der Waals surface area contributed by atoms with E-state index in [1.54, 1.807) is 11.3 Å². The number of benzene rings is 1. The molecule has 1 aliphatic rings. The third-order valence-electron chi connectivity index (χ3n) is 5.70. The predicted molar refractivity (Wildman–Crippen MR) is 117 cm³/mol. The molecule has 28 heavy (non-hydrogen) atoms. The van der Waals surface area contributed by atoms with Crippen LogP contribution in [-0.4, -0.2) is 24.0 Å². The number of piperidine rings is 1. The molecule has 1 N–H and O–H groups in total. The van der Waals surface area contributed by atoms with E-state index in [9.17, 15) is 4.79 Å². The molecule has 1 fully saturated rings. The number of anilines is 1. The van der Waals surface area contributed by atoms with Gasteiger partial charge in [0.2, 0.25) is 5.91 Å². The number of rotatable bonds is 4. The predicted octanol–water partition coefficient (Wildman–Crippen LogP) is 5.01. The van der Waals surface area contributed by atoms with Gasteiger partial charge in [0.15, 0.2) is 0 Å². The quantitative estimate of drug-likeness (QED) is 0.678. The number of thiophene rings is 1. The van der Waals surface area contributed by atoms with Crippen molar-refractivity contribution in [3.8, 4) is 0 Å². The minimum atomic E-state index is -0.00218. The van der Waals surface area contributed by atoms with E-state index in [0.717, 1.165) is 31.7 Å². The van der Waals surface area contributed by atoms with Crippen molar-refractivity contribution in [2.45, 2.75) is 39.7 Å². The maximum atomic E-state index is 13.0. The van der Waals surface area contributed by atoms with Gasteiger partial charge < -0.3 is 10.2 Å². The minimum Gasteiger partial charge on any atom is -0.355 e. The van der Waals surface area contributed by atoms with E-state index in [1.807, 2.05) is 6.20 Å². The molecule has 0 saturated carbocycles. The van der Waals surface area contributed by atoms with Gasteiger partial charge in [-0.2, -0.15) is 0 Å². The molecule has 5 heteroatoms. The number of carbonyl (C=O) groups is 1. The molecule has 4 nitrogen and oxygen atoms in total. The Hall–Kier alpha value is -2.40. The molecule has 0 unspecified atom stereocenters. The van der Waals surface area contributed by atoms with E-state index in [4.69, 9.17) is 0 Å². The SMILES string of the molecule is Cc1ccc([C@H](C)NC(=O)[C@H]2CCCN(c3nccc4sccc34)C2)c(C)c1. The highest BCUT2D eigenvalue weighted by Crippen LogP contribution is 2.31. The maximum Gasteiger partial charge on any atom is 0.225 e. The number of pyridine rings is 1. The first kappa shape index (κ1) is 18.9. The topological polar surface area (TPSA) is 45.2 Å². The van der Waals surface area contributed by atoms with Crippen LogP contribution in [0.4, 0.5) is 5.82 Å². The number of nitrogens with one attached hydrogen (secondary N) is 1. The molecule has 2 aromatic heterocycles. The van der Waals surface area contributed by atoms with Crippen LogP contribution in [0.5, 0.6) is 0 Å². The average Bonchev–Trinajstić information content (AvgIpc) is 3.16. The Morgan fingerprint density at radius 1 is 1.29 bits per heavy atom. The van der Waals surface area contributed by atoms with Crippen LogP contribution in [0.1, 0.15) is 42.5 Å². The number of hydrogen-bond acceptors (Lipinski definition) is 4. The molecule has 1 amide bonds. The molecule has 3 heterocycles. The van der Waals surface area contributed by atoms with Crippen molar-refractivity contribution in [2.24, 2.45) is 5.92 Å². The van der Waals surface area contributed by atoms with Crippen LogP contribution in [0.2, 0.25) is 0 Å². The second kappa shape index (κ2) is 7.92. The Morgan fingerprint density at radius 3 is 2.96 bits per heavy atom. The van der Waals surface area contributed by atoms with Crippen molar-refractivity contribution in [3.05, 3.63) is 58.6 Å². The second-order valence-electron chi connectivity index (χ2n) is 7.84. The summed E-state index contributed by atoms with van der Waals surface area (Å²) in [6.07, 6.45) is 3.82. The number of carbonyl (C=O) groups excluding carboxylic acids is 1. The molecule has 1 aromatic carbocycles. The Labute approximate surface area is 170 Å². The number of aryl methyl sites for hydroxylation is 2. The Kier molecular flexibility index (Phi) is 5.36. The Balaban J connectivity index is 1.47. The molecule has 3 aromatic rings. The van der Waals surface area contributed by atoms with Gasteiger partial charge in [-0.1, -0.05) is 23.8 Å². The lowest BCUT2D eigenvalue weighted by Crippen LogP contribution is -2.44. The number of amides is 1. The van der Waals surface area contributed by atoms with Crippen LogP contribution >= 0.6 is 11.3 Å². The number of hydrogen-bond donors (Lipinski definition) is 1. The van der Waals surface area contributed by atoms with Gasteiger partial charge in [0.05, 0.1) is 12.0 Å². The normalized spacial score (nSPS) is 18.2. The van der Waals surface area contributed by atoms with Crippen molar-refractivity contribution in [1.29, 1.82) is 0 Å². The summed E-state index contributed by atoms with van der Waals surface area (Å²) in [4.78, 5) is 19.9. The molecule has 2 atom stereocenters. The van der Waals surface area contributed by atoms with E-state index < -0.39 is 0 Å². The van der Waals surface area contributed by atoms with Gasteiger partial charge in [0.25, 0.3) is 0 Å². The lowest BCUT2D eigenvalue weighted by molar-refractivity contribution is -0.125. The fraction of sp³-hybridized carbons (Fsp3) is 0.391. The Bertz CT molecular complexity index is 996. The zero-order valence-electron chi connectivity index (χ0n) is 16.7. The number of fused-ring (bicyclic) bond motifs is 1. The second-order valence-corrected chi connectivity index (χ2v) is 8.79. The summed E-state index contributed by atoms with van der Waals surface area (Å²) in [6, 6.07) is 10.6. The van der Waals surface area contributed by atoms with E-state index >= 15 is 0 Å². The first-order valence-electron chi connectivity index (χ1n) is 9.97. The molecule has 1 saturated heterocycles. The highest BCUT2D eigenvalue weighted by Gasteiger charge is 2.28. The fourth-order valence-electron chi connectivity index (χ4n) is 4.24. The molecule has 0 radical (unpaired) electrons. The highest BCUT2D eigenvalue weighted by atomic mass is 32.1. The lowest BCUT2D eigenvalue weighted by atomic mass is 9.95. The van der Waals surface area contributed by atoms with Crippen LogP contribution in [0, 0.1) is 19.8 Å². The average molecular weight is 394 g/mol. The zero-order valence-corrected chi connectivity index (χ0v) is 17.6. The molecule has 0 aliphatic carbocycles. The van der Waals surface area contributed by atoms with E-state index in [0.29, 0.717) is 0 Å². The molecule has 1 aliphatic heterocycles. The van der Waals surface area contributed by atoms with Crippen LogP contribution in [0.3, 0.4) is 0 Å². The van der Waals surface area contributed by atoms with Crippen molar-refractivity contribution in [1.82, 2.24) is 10.3 Å². The Morgan fingerprint density at radius 2 is 2.14 bits per heavy atom. The molecule has 0 spiro atoms. The van der Waals surface area contributed by atoms with E-state index in [1.165, 1.54) is 26.8 Å². The summed E-state index contributed by atoms with van der Waals surface area (Å²) in [5.41, 5.74) is 3.67. The van der Waals surface area contributed by atoms with Crippen molar-refractivity contribution in [2.75, 3.05) is 18.0 Å². The van der Waals surface area contributed by atoms with Crippen molar-refractivity contribution >= 4 is 33.1 Å². The minimum absolute atomic E-state index is 0.00218. The van der Waals surface area contributed by atoms with Crippen molar-refractivity contribution in [3.63, 3.8) is 0 Å². The van der Waals surface area contributed by atoms with E-state index in [2.05, 4.69) is 71.7 Å². The summed E-state index contributed by atoms with van der Waals surface area (Å²) in [6.45, 7) is 7.97. The molecule has 4 rings (SSSR count). The third kappa shape index (κ3) is 3.76. The molecule has 0 bridgehead atoms. The summed E-state index contributed by atoms with van der Waals surface area (Å²) in [5.74, 6) is 1.16. The third-order valence-corrected chi connectivity index (χ3v) is 6.58. The largest absolute Gasteiger partial charge is 0.355 e. The summed E-state index contributed by atoms with van der Waals surface area (Å²) < 4.78 is 1.25. The van der Waals surface area contributed by atoms with E-state index in [-0.39, 0.29) is 17.9 Å². The van der Waals surface area contributed by atoms with Gasteiger partial charge in [-0.3, -0.25) is 4.79 Å². The summed E-state index contributed by atoms with van der Waals surface area (Å²) in [7, 11) is 0. The van der Waals surface area contributed by atoms with Gasteiger partial charge in [0.1, 0.15) is 5.82 Å². The molecular weight excluding hydrogens is 366 g/mol. The standard InChI is InChI=1S/C23H27N3OS/c1-15-6-7-19(16(2)13-15)17(3)25-23(27)18-5-4-11-26(14-18)22-20-9-12-28-21(20)8-10-24-22/h6-10,12-13,17-18H,4-5,11,14H2,1-3H3,(H,25,27)/t17-,18-/m0/s1. The van der Waals surface area contributed by atoms with Gasteiger partial charge in [0, 0.05) is 29.4 Å². The van der Waals surface area contributed by atoms with Crippen LogP contribution in [0.15, 0.2) is 41.9 Å². The maximum absolute atomic E-state index is 13.0. The van der Waals surface area contributed by atoms with Crippen LogP contribution in [0.25, 0.3) is 10.1 Å². The molecule has 146 valence electrons. The zero-order chi connectivity index (χ0) is 19.7. The lowest BCUT2D eigenvalue weighted by Gasteiger charge is -2.34. The van der Waals surface area contributed by atoms with Crippen molar-refractivity contribution < 1.29 is 4.79 Å². The highest BCUT2D eigenvalue weighted by molar-refractivity contribution is 7.17. The fourth-order valence-corrected chi connectivity index (χ4v) is 5.01. The van der Waals surface area contributed by atoms with Gasteiger partial charge >= 0.3 is 0 Å².